The standard InChI is InChI=1S/C17H29NO3/c1-7-17(8-2,9-3)18-12-13-10-11-14(19-4)16(21-6)15(13)20-5/h10-11,18H,7-9,12H2,1-6H3. The molecule has 0 aliphatic carbocycles. The van der Waals surface area contributed by atoms with Gasteiger partial charge in [0.1, 0.15) is 0 Å². The van der Waals surface area contributed by atoms with E-state index >= 15 is 0 Å². The van der Waals surface area contributed by atoms with E-state index in [1.165, 1.54) is 0 Å². The van der Waals surface area contributed by atoms with Gasteiger partial charge in [0.05, 0.1) is 21.3 Å². The van der Waals surface area contributed by atoms with Crippen LogP contribution in [-0.2, 0) is 6.54 Å². The Hall–Kier alpha value is -1.42. The highest BCUT2D eigenvalue weighted by Gasteiger charge is 2.24. The summed E-state index contributed by atoms with van der Waals surface area (Å²) in [4.78, 5) is 0. The predicted octanol–water partition coefficient (Wildman–Crippen LogP) is 3.77. The van der Waals surface area contributed by atoms with E-state index in [1.807, 2.05) is 12.1 Å². The fourth-order valence-electron chi connectivity index (χ4n) is 2.71. The molecule has 0 amide bonds. The molecule has 0 aromatic heterocycles. The van der Waals surface area contributed by atoms with Crippen LogP contribution in [0.3, 0.4) is 0 Å². The van der Waals surface area contributed by atoms with Crippen molar-refractivity contribution in [2.45, 2.75) is 52.1 Å². The van der Waals surface area contributed by atoms with Gasteiger partial charge in [-0.3, -0.25) is 0 Å². The molecule has 0 bridgehead atoms. The van der Waals surface area contributed by atoms with Crippen LogP contribution in [0.1, 0.15) is 45.6 Å². The van der Waals surface area contributed by atoms with Gasteiger partial charge in [-0.1, -0.05) is 26.8 Å². The van der Waals surface area contributed by atoms with Gasteiger partial charge in [-0.15, -0.1) is 0 Å². The first-order valence-corrected chi connectivity index (χ1v) is 7.64. The molecule has 1 aromatic rings. The van der Waals surface area contributed by atoms with Crippen LogP contribution >= 0.6 is 0 Å². The summed E-state index contributed by atoms with van der Waals surface area (Å²) in [6, 6.07) is 3.95. The van der Waals surface area contributed by atoms with Crippen molar-refractivity contribution < 1.29 is 14.2 Å². The van der Waals surface area contributed by atoms with E-state index in [0.717, 1.165) is 37.1 Å². The molecular formula is C17H29NO3. The van der Waals surface area contributed by atoms with E-state index < -0.39 is 0 Å². The van der Waals surface area contributed by atoms with Crippen molar-refractivity contribution in [1.29, 1.82) is 0 Å². The summed E-state index contributed by atoms with van der Waals surface area (Å²) in [5.74, 6) is 2.07. The molecule has 21 heavy (non-hydrogen) atoms. The molecule has 0 heterocycles. The summed E-state index contributed by atoms with van der Waals surface area (Å²) in [7, 11) is 4.92. The Morgan fingerprint density at radius 1 is 0.857 bits per heavy atom. The summed E-state index contributed by atoms with van der Waals surface area (Å²) in [6.45, 7) is 7.43. The summed E-state index contributed by atoms with van der Waals surface area (Å²) in [6.07, 6.45) is 3.32. The van der Waals surface area contributed by atoms with Crippen molar-refractivity contribution in [2.75, 3.05) is 21.3 Å². The van der Waals surface area contributed by atoms with Crippen LogP contribution in [0.5, 0.6) is 17.2 Å². The van der Waals surface area contributed by atoms with Crippen molar-refractivity contribution in [1.82, 2.24) is 5.32 Å². The highest BCUT2D eigenvalue weighted by Crippen LogP contribution is 2.40. The van der Waals surface area contributed by atoms with E-state index in [0.29, 0.717) is 11.5 Å². The Morgan fingerprint density at radius 2 is 1.43 bits per heavy atom. The number of benzene rings is 1. The number of hydrogen-bond acceptors (Lipinski definition) is 4. The lowest BCUT2D eigenvalue weighted by atomic mass is 9.89. The van der Waals surface area contributed by atoms with Crippen LogP contribution in [-0.4, -0.2) is 26.9 Å². The molecule has 0 saturated heterocycles. The van der Waals surface area contributed by atoms with Gasteiger partial charge in [0.2, 0.25) is 5.75 Å². The summed E-state index contributed by atoms with van der Waals surface area (Å²) in [5.41, 5.74) is 1.26. The summed E-state index contributed by atoms with van der Waals surface area (Å²) >= 11 is 0. The van der Waals surface area contributed by atoms with E-state index in [-0.39, 0.29) is 5.54 Å². The van der Waals surface area contributed by atoms with E-state index in [9.17, 15) is 0 Å². The maximum absolute atomic E-state index is 5.53. The average molecular weight is 295 g/mol. The van der Waals surface area contributed by atoms with Crippen LogP contribution in [0.15, 0.2) is 12.1 Å². The fourth-order valence-corrected chi connectivity index (χ4v) is 2.71. The van der Waals surface area contributed by atoms with Crippen molar-refractivity contribution in [3.63, 3.8) is 0 Å². The molecule has 0 spiro atoms. The van der Waals surface area contributed by atoms with E-state index in [2.05, 4.69) is 26.1 Å². The minimum Gasteiger partial charge on any atom is -0.493 e. The van der Waals surface area contributed by atoms with Gasteiger partial charge in [0.25, 0.3) is 0 Å². The highest BCUT2D eigenvalue weighted by molar-refractivity contribution is 5.55. The monoisotopic (exact) mass is 295 g/mol. The quantitative estimate of drug-likeness (QED) is 0.753. The Kier molecular flexibility index (Phi) is 6.82. The zero-order valence-corrected chi connectivity index (χ0v) is 14.2. The van der Waals surface area contributed by atoms with Gasteiger partial charge >= 0.3 is 0 Å². The second-order valence-electron chi connectivity index (χ2n) is 5.19. The molecule has 0 radical (unpaired) electrons. The zero-order valence-electron chi connectivity index (χ0n) is 14.2. The SMILES string of the molecule is CCC(CC)(CC)NCc1ccc(OC)c(OC)c1OC. The van der Waals surface area contributed by atoms with Crippen LogP contribution in [0.2, 0.25) is 0 Å². The molecule has 4 nitrogen and oxygen atoms in total. The van der Waals surface area contributed by atoms with Gasteiger partial charge in [0, 0.05) is 17.6 Å². The fraction of sp³-hybridized carbons (Fsp3) is 0.647. The molecule has 1 N–H and O–H groups in total. The minimum absolute atomic E-state index is 0.179. The molecular weight excluding hydrogens is 266 g/mol. The second kappa shape index (κ2) is 8.13. The molecule has 0 unspecified atom stereocenters. The van der Waals surface area contributed by atoms with Crippen molar-refractivity contribution >= 4 is 0 Å². The lowest BCUT2D eigenvalue weighted by Gasteiger charge is -2.32. The first-order chi connectivity index (χ1) is 10.1. The molecule has 0 fully saturated rings. The van der Waals surface area contributed by atoms with Gasteiger partial charge in [0.15, 0.2) is 11.5 Å². The lowest BCUT2D eigenvalue weighted by molar-refractivity contribution is 0.282. The molecule has 4 heteroatoms. The van der Waals surface area contributed by atoms with Crippen LogP contribution in [0, 0.1) is 0 Å². The van der Waals surface area contributed by atoms with Crippen molar-refractivity contribution in [3.8, 4) is 17.2 Å². The maximum atomic E-state index is 5.53. The van der Waals surface area contributed by atoms with Gasteiger partial charge in [-0.05, 0) is 25.3 Å². The third-order valence-electron chi connectivity index (χ3n) is 4.47. The third kappa shape index (κ3) is 3.82. The molecule has 1 aromatic carbocycles. The minimum atomic E-state index is 0.179. The van der Waals surface area contributed by atoms with Crippen LogP contribution in [0.4, 0.5) is 0 Å². The smallest absolute Gasteiger partial charge is 0.203 e. The number of hydrogen-bond donors (Lipinski definition) is 1. The first kappa shape index (κ1) is 17.6. The molecule has 0 aliphatic heterocycles. The number of rotatable bonds is 9. The predicted molar refractivity (Wildman–Crippen MR) is 86.5 cm³/mol. The number of methoxy groups -OCH3 is 3. The second-order valence-corrected chi connectivity index (χ2v) is 5.19. The van der Waals surface area contributed by atoms with Gasteiger partial charge in [-0.2, -0.15) is 0 Å². The average Bonchev–Trinajstić information content (AvgIpc) is 2.55. The zero-order chi connectivity index (χ0) is 15.9. The topological polar surface area (TPSA) is 39.7 Å². The summed E-state index contributed by atoms with van der Waals surface area (Å²) in [5, 5.41) is 3.69. The Balaban J connectivity index is 3.03. The molecule has 0 atom stereocenters. The summed E-state index contributed by atoms with van der Waals surface area (Å²) < 4.78 is 16.3. The molecule has 120 valence electrons. The van der Waals surface area contributed by atoms with Gasteiger partial charge in [-0.25, -0.2) is 0 Å². The van der Waals surface area contributed by atoms with E-state index in [4.69, 9.17) is 14.2 Å². The van der Waals surface area contributed by atoms with Gasteiger partial charge < -0.3 is 19.5 Å². The van der Waals surface area contributed by atoms with Crippen molar-refractivity contribution in [3.05, 3.63) is 17.7 Å². The Morgan fingerprint density at radius 3 is 1.86 bits per heavy atom. The Labute approximate surface area is 128 Å². The normalized spacial score (nSPS) is 11.3. The molecule has 0 aliphatic rings. The first-order valence-electron chi connectivity index (χ1n) is 7.64. The van der Waals surface area contributed by atoms with E-state index in [1.54, 1.807) is 21.3 Å². The largest absolute Gasteiger partial charge is 0.493 e. The molecule has 0 saturated carbocycles. The highest BCUT2D eigenvalue weighted by atomic mass is 16.5. The number of ether oxygens (including phenoxy) is 3. The third-order valence-corrected chi connectivity index (χ3v) is 4.47. The van der Waals surface area contributed by atoms with Crippen molar-refractivity contribution in [2.24, 2.45) is 0 Å². The molecule has 1 rings (SSSR count). The van der Waals surface area contributed by atoms with Crippen LogP contribution < -0.4 is 19.5 Å². The lowest BCUT2D eigenvalue weighted by Crippen LogP contribution is -2.43. The van der Waals surface area contributed by atoms with Crippen LogP contribution in [0.25, 0.3) is 0 Å². The number of nitrogens with one attached hydrogen (secondary N) is 1. The Bertz CT molecular complexity index is 434. The maximum Gasteiger partial charge on any atom is 0.203 e.